The third-order valence-electron chi connectivity index (χ3n) is 2.72. The molecule has 1 aromatic carbocycles. The van der Waals surface area contributed by atoms with Crippen LogP contribution in [0.1, 0.15) is 18.9 Å². The van der Waals surface area contributed by atoms with Crippen LogP contribution in [-0.4, -0.2) is 31.6 Å². The van der Waals surface area contributed by atoms with Crippen LogP contribution in [0.25, 0.3) is 0 Å². The molecule has 0 saturated heterocycles. The van der Waals surface area contributed by atoms with Crippen LogP contribution in [0.2, 0.25) is 0 Å². The Labute approximate surface area is 114 Å². The monoisotopic (exact) mass is 257 g/mol. The molecule has 0 fully saturated rings. The molecule has 4 nitrogen and oxygen atoms in total. The van der Waals surface area contributed by atoms with Gasteiger partial charge in [0.2, 0.25) is 0 Å². The second-order valence-corrected chi connectivity index (χ2v) is 4.63. The normalized spacial score (nSPS) is 11.6. The van der Waals surface area contributed by atoms with E-state index in [-0.39, 0.29) is 5.92 Å². The molecular weight excluding hydrogens is 238 g/mol. The van der Waals surface area contributed by atoms with E-state index in [1.165, 1.54) is 0 Å². The molecule has 0 aliphatic heterocycles. The highest BCUT2D eigenvalue weighted by Gasteiger charge is 2.04. The van der Waals surface area contributed by atoms with Gasteiger partial charge in [0, 0.05) is 13.1 Å². The van der Waals surface area contributed by atoms with E-state index in [0.717, 1.165) is 25.3 Å². The molecular formula is C15H19N3O. The number of nitrogens with zero attached hydrogens (tertiary/aromatic N) is 3. The van der Waals surface area contributed by atoms with Crippen molar-refractivity contribution in [3.05, 3.63) is 29.8 Å². The summed E-state index contributed by atoms with van der Waals surface area (Å²) >= 11 is 0. The molecule has 0 saturated carbocycles. The van der Waals surface area contributed by atoms with Crippen LogP contribution < -0.4 is 4.74 Å². The molecule has 0 aromatic heterocycles. The molecule has 100 valence electrons. The van der Waals surface area contributed by atoms with Gasteiger partial charge in [-0.25, -0.2) is 0 Å². The zero-order valence-electron chi connectivity index (χ0n) is 11.5. The number of rotatable bonds is 7. The standard InChI is InChI=1S/C15H19N3O/c1-13(10-16)12-18(2)7-4-8-19-15-6-3-5-14(9-15)11-17/h3,5-6,9,13H,4,7-8,12H2,1-2H3. The van der Waals surface area contributed by atoms with Crippen LogP contribution >= 0.6 is 0 Å². The van der Waals surface area contributed by atoms with Crippen LogP contribution in [0.5, 0.6) is 5.75 Å². The average Bonchev–Trinajstić information content (AvgIpc) is 2.43. The number of hydrogen-bond acceptors (Lipinski definition) is 4. The minimum Gasteiger partial charge on any atom is -0.494 e. The molecule has 0 aliphatic carbocycles. The van der Waals surface area contributed by atoms with E-state index in [1.54, 1.807) is 12.1 Å². The Morgan fingerprint density at radius 3 is 2.84 bits per heavy atom. The molecule has 19 heavy (non-hydrogen) atoms. The lowest BCUT2D eigenvalue weighted by molar-refractivity contribution is 0.254. The summed E-state index contributed by atoms with van der Waals surface area (Å²) in [7, 11) is 2.00. The Bertz CT molecular complexity index is 473. The largest absolute Gasteiger partial charge is 0.494 e. The fourth-order valence-electron chi connectivity index (χ4n) is 1.78. The second kappa shape index (κ2) is 8.13. The lowest BCUT2D eigenvalue weighted by Crippen LogP contribution is -2.25. The zero-order chi connectivity index (χ0) is 14.1. The third-order valence-corrected chi connectivity index (χ3v) is 2.72. The van der Waals surface area contributed by atoms with Crippen molar-refractivity contribution in [1.29, 1.82) is 10.5 Å². The smallest absolute Gasteiger partial charge is 0.120 e. The van der Waals surface area contributed by atoms with Gasteiger partial charge < -0.3 is 9.64 Å². The molecule has 1 atom stereocenters. The van der Waals surface area contributed by atoms with Crippen molar-refractivity contribution in [3.63, 3.8) is 0 Å². The molecule has 1 unspecified atom stereocenters. The van der Waals surface area contributed by atoms with Gasteiger partial charge in [0.15, 0.2) is 0 Å². The summed E-state index contributed by atoms with van der Waals surface area (Å²) < 4.78 is 5.59. The second-order valence-electron chi connectivity index (χ2n) is 4.63. The molecule has 0 heterocycles. The maximum Gasteiger partial charge on any atom is 0.120 e. The van der Waals surface area contributed by atoms with Crippen molar-refractivity contribution in [3.8, 4) is 17.9 Å². The molecule has 4 heteroatoms. The van der Waals surface area contributed by atoms with Crippen LogP contribution in [0.4, 0.5) is 0 Å². The summed E-state index contributed by atoms with van der Waals surface area (Å²) in [5.41, 5.74) is 0.609. The van der Waals surface area contributed by atoms with Crippen molar-refractivity contribution in [2.24, 2.45) is 5.92 Å². The summed E-state index contributed by atoms with van der Waals surface area (Å²) in [6.07, 6.45) is 0.894. The fourth-order valence-corrected chi connectivity index (χ4v) is 1.78. The van der Waals surface area contributed by atoms with Gasteiger partial charge in [0.1, 0.15) is 5.75 Å². The molecule has 1 rings (SSSR count). The van der Waals surface area contributed by atoms with Gasteiger partial charge in [-0.15, -0.1) is 0 Å². The van der Waals surface area contributed by atoms with Crippen LogP contribution in [0.3, 0.4) is 0 Å². The first-order chi connectivity index (χ1) is 9.15. The van der Waals surface area contributed by atoms with Crippen molar-refractivity contribution >= 4 is 0 Å². The molecule has 0 bridgehead atoms. The fraction of sp³-hybridized carbons (Fsp3) is 0.467. The van der Waals surface area contributed by atoms with Crippen LogP contribution in [-0.2, 0) is 0 Å². The minimum absolute atomic E-state index is 0.0539. The Balaban J connectivity index is 2.24. The Morgan fingerprint density at radius 2 is 2.16 bits per heavy atom. The van der Waals surface area contributed by atoms with Crippen molar-refractivity contribution in [2.75, 3.05) is 26.7 Å². The van der Waals surface area contributed by atoms with E-state index in [2.05, 4.69) is 17.0 Å². The molecule has 0 spiro atoms. The van der Waals surface area contributed by atoms with Crippen molar-refractivity contribution < 1.29 is 4.74 Å². The van der Waals surface area contributed by atoms with Crippen molar-refractivity contribution in [2.45, 2.75) is 13.3 Å². The molecule has 0 amide bonds. The first-order valence-electron chi connectivity index (χ1n) is 6.37. The first kappa shape index (κ1) is 15.0. The lowest BCUT2D eigenvalue weighted by Gasteiger charge is -2.17. The topological polar surface area (TPSA) is 60.1 Å². The van der Waals surface area contributed by atoms with E-state index in [0.29, 0.717) is 12.2 Å². The van der Waals surface area contributed by atoms with Gasteiger partial charge in [-0.05, 0) is 38.6 Å². The summed E-state index contributed by atoms with van der Waals surface area (Å²) in [5, 5.41) is 17.5. The van der Waals surface area contributed by atoms with Crippen molar-refractivity contribution in [1.82, 2.24) is 4.90 Å². The minimum atomic E-state index is 0.0539. The number of benzene rings is 1. The molecule has 0 radical (unpaired) electrons. The van der Waals surface area contributed by atoms with Crippen LogP contribution in [0.15, 0.2) is 24.3 Å². The molecule has 0 N–H and O–H groups in total. The zero-order valence-corrected chi connectivity index (χ0v) is 11.5. The van der Waals surface area contributed by atoms with Gasteiger partial charge in [-0.3, -0.25) is 0 Å². The van der Waals surface area contributed by atoms with Gasteiger partial charge in [0.05, 0.1) is 30.2 Å². The maximum atomic E-state index is 8.78. The predicted molar refractivity (Wildman–Crippen MR) is 73.5 cm³/mol. The summed E-state index contributed by atoms with van der Waals surface area (Å²) in [5.74, 6) is 0.783. The van der Waals surface area contributed by atoms with Gasteiger partial charge in [-0.1, -0.05) is 6.07 Å². The lowest BCUT2D eigenvalue weighted by atomic mass is 10.2. The third kappa shape index (κ3) is 5.90. The van der Waals surface area contributed by atoms with Crippen LogP contribution in [0, 0.1) is 28.6 Å². The number of ether oxygens (including phenoxy) is 1. The molecule has 1 aromatic rings. The van der Waals surface area contributed by atoms with Gasteiger partial charge in [0.25, 0.3) is 0 Å². The first-order valence-corrected chi connectivity index (χ1v) is 6.37. The highest BCUT2D eigenvalue weighted by molar-refractivity contribution is 5.36. The van der Waals surface area contributed by atoms with E-state index in [9.17, 15) is 0 Å². The highest BCUT2D eigenvalue weighted by Crippen LogP contribution is 2.12. The quantitative estimate of drug-likeness (QED) is 0.704. The predicted octanol–water partition coefficient (Wildman–Crippen LogP) is 2.42. The van der Waals surface area contributed by atoms with Gasteiger partial charge in [-0.2, -0.15) is 10.5 Å². The Kier molecular flexibility index (Phi) is 6.43. The van der Waals surface area contributed by atoms with E-state index < -0.39 is 0 Å². The van der Waals surface area contributed by atoms with E-state index >= 15 is 0 Å². The van der Waals surface area contributed by atoms with Gasteiger partial charge >= 0.3 is 0 Å². The Morgan fingerprint density at radius 1 is 1.37 bits per heavy atom. The number of hydrogen-bond donors (Lipinski definition) is 0. The van der Waals surface area contributed by atoms with E-state index in [1.807, 2.05) is 26.1 Å². The Hall–Kier alpha value is -2.04. The summed E-state index contributed by atoms with van der Waals surface area (Å²) in [6.45, 7) is 4.20. The summed E-state index contributed by atoms with van der Waals surface area (Å²) in [4.78, 5) is 2.13. The SMILES string of the molecule is CC(C#N)CN(C)CCCOc1cccc(C#N)c1. The summed E-state index contributed by atoms with van der Waals surface area (Å²) in [6, 6.07) is 11.5. The number of nitriles is 2. The van der Waals surface area contributed by atoms with E-state index in [4.69, 9.17) is 15.3 Å². The molecule has 0 aliphatic rings. The average molecular weight is 257 g/mol. The maximum absolute atomic E-state index is 8.78. The highest BCUT2D eigenvalue weighted by atomic mass is 16.5.